The van der Waals surface area contributed by atoms with Gasteiger partial charge in [-0.2, -0.15) is 5.09 Å². The molecule has 2 aliphatic rings. The van der Waals surface area contributed by atoms with Gasteiger partial charge in [0.1, 0.15) is 24.0 Å². The highest BCUT2D eigenvalue weighted by Gasteiger charge is 2.56. The van der Waals surface area contributed by atoms with E-state index in [1.165, 1.54) is 6.92 Å². The molecule has 0 amide bonds. The molecule has 12 nitrogen and oxygen atoms in total. The van der Waals surface area contributed by atoms with Gasteiger partial charge in [-0.05, 0) is 56.9 Å². The summed E-state index contributed by atoms with van der Waals surface area (Å²) < 4.78 is 53.4. The Morgan fingerprint density at radius 2 is 1.91 bits per heavy atom. The molecule has 5 rings (SSSR count). The minimum Gasteiger partial charge on any atom is -0.462 e. The summed E-state index contributed by atoms with van der Waals surface area (Å²) in [6, 6.07) is 12.8. The maximum absolute atomic E-state index is 15.7. The van der Waals surface area contributed by atoms with Crippen LogP contribution in [0.25, 0.3) is 11.1 Å². The van der Waals surface area contributed by atoms with Crippen molar-refractivity contribution in [3.05, 3.63) is 86.7 Å². The number of fused-ring (bicyclic) bond motifs is 3. The van der Waals surface area contributed by atoms with Crippen molar-refractivity contribution < 1.29 is 37.4 Å². The largest absolute Gasteiger partial charge is 0.462 e. The van der Waals surface area contributed by atoms with Crippen LogP contribution in [-0.2, 0) is 29.8 Å². The number of ether oxygens (including phenoxy) is 2. The van der Waals surface area contributed by atoms with Crippen molar-refractivity contribution in [2.75, 3.05) is 6.61 Å². The summed E-state index contributed by atoms with van der Waals surface area (Å²) in [5.41, 5.74) is -0.539. The molecule has 3 N–H and O–H groups in total. The molecule has 1 fully saturated rings. The number of H-pyrrole nitrogens is 1. The van der Waals surface area contributed by atoms with Gasteiger partial charge in [0.15, 0.2) is 11.9 Å². The first-order valence-electron chi connectivity index (χ1n) is 13.8. The summed E-state index contributed by atoms with van der Waals surface area (Å²) in [7, 11) is -4.45. The Hall–Kier alpha value is -3.61. The number of aliphatic hydroxyl groups is 1. The maximum atomic E-state index is 15.7. The summed E-state index contributed by atoms with van der Waals surface area (Å²) in [5, 5.41) is 13.4. The van der Waals surface area contributed by atoms with Crippen molar-refractivity contribution >= 4 is 13.7 Å². The lowest BCUT2D eigenvalue weighted by Crippen LogP contribution is -2.43. The molecule has 6 atom stereocenters. The van der Waals surface area contributed by atoms with E-state index >= 15 is 4.39 Å². The summed E-state index contributed by atoms with van der Waals surface area (Å²) in [6.45, 7) is 5.13. The third-order valence-corrected chi connectivity index (χ3v) is 8.91. The van der Waals surface area contributed by atoms with Crippen LogP contribution in [0.2, 0.25) is 0 Å². The zero-order valence-electron chi connectivity index (χ0n) is 24.0. The number of hydrogen-bond donors (Lipinski definition) is 3. The molecule has 1 aromatic heterocycles. The topological polar surface area (TPSA) is 158 Å². The number of hydrogen-bond acceptors (Lipinski definition) is 9. The first kappa shape index (κ1) is 30.8. The number of benzene rings is 2. The van der Waals surface area contributed by atoms with Crippen LogP contribution in [0.4, 0.5) is 4.39 Å². The number of carbonyl (C=O) groups excluding carboxylic acids is 1. The summed E-state index contributed by atoms with van der Waals surface area (Å²) in [4.78, 5) is 38.4. The van der Waals surface area contributed by atoms with Crippen LogP contribution in [0.15, 0.2) is 64.3 Å². The molecule has 1 aliphatic carbocycles. The van der Waals surface area contributed by atoms with E-state index in [-0.39, 0.29) is 5.75 Å². The lowest BCUT2D eigenvalue weighted by molar-refractivity contribution is -0.149. The predicted molar refractivity (Wildman–Crippen MR) is 153 cm³/mol. The second kappa shape index (κ2) is 11.8. The highest BCUT2D eigenvalue weighted by molar-refractivity contribution is 7.52. The predicted octanol–water partition coefficient (Wildman–Crippen LogP) is 3.23. The Morgan fingerprint density at radius 1 is 1.19 bits per heavy atom. The number of aliphatic hydroxyl groups excluding tert-OH is 1. The normalized spacial score (nSPS) is 24.7. The van der Waals surface area contributed by atoms with Crippen molar-refractivity contribution in [3.8, 4) is 16.9 Å². The summed E-state index contributed by atoms with van der Waals surface area (Å²) in [6.07, 6.45) is -3.64. The number of halogens is 1. The molecule has 0 spiro atoms. The van der Waals surface area contributed by atoms with Crippen LogP contribution in [-0.4, -0.2) is 57.3 Å². The lowest BCUT2D eigenvalue weighted by Gasteiger charge is -2.26. The number of alkyl halides is 1. The van der Waals surface area contributed by atoms with Crippen molar-refractivity contribution in [2.24, 2.45) is 0 Å². The monoisotopic (exact) mass is 617 g/mol. The van der Waals surface area contributed by atoms with E-state index in [1.807, 2.05) is 35.3 Å². The van der Waals surface area contributed by atoms with E-state index < -0.39 is 67.8 Å². The quantitative estimate of drug-likeness (QED) is 0.178. The van der Waals surface area contributed by atoms with E-state index in [2.05, 4.69) is 5.09 Å². The van der Waals surface area contributed by atoms with Crippen LogP contribution in [0, 0.1) is 0 Å². The number of esters is 1. The average Bonchev–Trinajstić information content (AvgIpc) is 3.42. The molecule has 1 saturated heterocycles. The van der Waals surface area contributed by atoms with Crippen molar-refractivity contribution in [1.29, 1.82) is 0 Å². The molecular formula is C29H33FN3O9P. The molecule has 2 heterocycles. The second-order valence-corrected chi connectivity index (χ2v) is 12.7. The van der Waals surface area contributed by atoms with E-state index in [4.69, 9.17) is 18.5 Å². The molecule has 2 aromatic carbocycles. The molecule has 3 aromatic rings. The van der Waals surface area contributed by atoms with Gasteiger partial charge in [-0.1, -0.05) is 36.4 Å². The molecule has 0 saturated carbocycles. The molecule has 0 radical (unpaired) electrons. The standard InChI is InChI=1S/C29H33FN3O9P/c1-16(2)40-26(36)17(3)32-43(38,42-21-11-7-9-19-14-18-8-5-6-10-20(18)24(19)21)39-15-22-25(35)29(4,30)27(41-22)33-13-12-23(34)31-28(33)37/h5-13,16-17,22,25,27,35H,14-15H2,1-4H3,(H,32,38)(H,31,34,37). The zero-order valence-corrected chi connectivity index (χ0v) is 24.9. The van der Waals surface area contributed by atoms with Gasteiger partial charge in [-0.25, -0.2) is 13.8 Å². The molecule has 14 heteroatoms. The Labute approximate surface area is 246 Å². The molecule has 43 heavy (non-hydrogen) atoms. The van der Waals surface area contributed by atoms with Crippen molar-refractivity contribution in [1.82, 2.24) is 14.6 Å². The van der Waals surface area contributed by atoms with Gasteiger partial charge in [0.2, 0.25) is 0 Å². The van der Waals surface area contributed by atoms with Gasteiger partial charge in [-0.3, -0.25) is 23.7 Å². The number of rotatable bonds is 10. The molecule has 230 valence electrons. The Balaban J connectivity index is 1.42. The minimum atomic E-state index is -4.45. The third-order valence-electron chi connectivity index (χ3n) is 7.29. The van der Waals surface area contributed by atoms with Gasteiger partial charge in [-0.15, -0.1) is 0 Å². The minimum absolute atomic E-state index is 0.226. The Morgan fingerprint density at radius 3 is 2.63 bits per heavy atom. The first-order valence-corrected chi connectivity index (χ1v) is 15.3. The number of nitrogens with one attached hydrogen (secondary N) is 2. The fraction of sp³-hybridized carbons (Fsp3) is 0.414. The SMILES string of the molecule is CC(C)OC(=O)C(C)NP(=O)(OCC1OC(n2ccc(=O)[nH]c2=O)C(C)(F)C1O)Oc1cccc2c1-c1ccccc1C2. The van der Waals surface area contributed by atoms with E-state index in [0.29, 0.717) is 12.0 Å². The molecule has 0 bridgehead atoms. The van der Waals surface area contributed by atoms with E-state index in [9.17, 15) is 24.1 Å². The fourth-order valence-corrected chi connectivity index (χ4v) is 6.72. The number of carbonyl (C=O) groups is 1. The van der Waals surface area contributed by atoms with Gasteiger partial charge >= 0.3 is 19.4 Å². The number of aromatic nitrogens is 2. The highest BCUT2D eigenvalue weighted by atomic mass is 31.2. The van der Waals surface area contributed by atoms with Crippen LogP contribution in [0.3, 0.4) is 0 Å². The first-order chi connectivity index (χ1) is 20.3. The van der Waals surface area contributed by atoms with Gasteiger partial charge in [0.25, 0.3) is 5.56 Å². The molecule has 1 aliphatic heterocycles. The van der Waals surface area contributed by atoms with E-state index in [1.54, 1.807) is 26.0 Å². The molecular weight excluding hydrogens is 584 g/mol. The zero-order chi connectivity index (χ0) is 31.1. The average molecular weight is 618 g/mol. The summed E-state index contributed by atoms with van der Waals surface area (Å²) in [5.74, 6) is -0.486. The summed E-state index contributed by atoms with van der Waals surface area (Å²) >= 11 is 0. The van der Waals surface area contributed by atoms with Crippen LogP contribution in [0.5, 0.6) is 5.75 Å². The smallest absolute Gasteiger partial charge is 0.459 e. The Bertz CT molecular complexity index is 1690. The molecule has 6 unspecified atom stereocenters. The van der Waals surface area contributed by atoms with Crippen LogP contribution >= 0.6 is 7.75 Å². The van der Waals surface area contributed by atoms with Gasteiger partial charge < -0.3 is 19.1 Å². The lowest BCUT2D eigenvalue weighted by atomic mass is 9.98. The van der Waals surface area contributed by atoms with Crippen LogP contribution < -0.4 is 20.9 Å². The second-order valence-electron chi connectivity index (χ2n) is 11.0. The third kappa shape index (κ3) is 6.22. The van der Waals surface area contributed by atoms with E-state index in [0.717, 1.165) is 40.4 Å². The Kier molecular flexibility index (Phi) is 8.47. The number of aromatic amines is 1. The van der Waals surface area contributed by atoms with Gasteiger partial charge in [0, 0.05) is 17.8 Å². The highest BCUT2D eigenvalue weighted by Crippen LogP contribution is 2.51. The maximum Gasteiger partial charge on any atom is 0.459 e. The van der Waals surface area contributed by atoms with Crippen LogP contribution in [0.1, 0.15) is 45.0 Å². The number of nitrogens with zero attached hydrogens (tertiary/aromatic N) is 1. The van der Waals surface area contributed by atoms with Crippen molar-refractivity contribution in [3.63, 3.8) is 0 Å². The van der Waals surface area contributed by atoms with Gasteiger partial charge in [0.05, 0.1) is 12.7 Å². The fourth-order valence-electron chi connectivity index (χ4n) is 5.21. The van der Waals surface area contributed by atoms with Crippen molar-refractivity contribution in [2.45, 2.75) is 70.4 Å².